The number of benzene rings is 1. The molecule has 1 aromatic heterocycles. The van der Waals surface area contributed by atoms with Crippen LogP contribution in [-0.2, 0) is 4.79 Å². The molecular formula is C14H12BrNO2S. The third-order valence-electron chi connectivity index (χ3n) is 3.43. The van der Waals surface area contributed by atoms with Gasteiger partial charge >= 0.3 is 5.97 Å². The summed E-state index contributed by atoms with van der Waals surface area (Å²) in [5.74, 6) is -1.08. The van der Waals surface area contributed by atoms with E-state index in [9.17, 15) is 9.90 Å². The molecule has 1 heterocycles. The number of fused-ring (bicyclic) bond motifs is 1. The van der Waals surface area contributed by atoms with Gasteiger partial charge in [-0.15, -0.1) is 11.3 Å². The summed E-state index contributed by atoms with van der Waals surface area (Å²) in [7, 11) is 0. The predicted molar refractivity (Wildman–Crippen MR) is 79.6 cm³/mol. The molecule has 0 bridgehead atoms. The number of hydrogen-bond acceptors (Lipinski definition) is 3. The van der Waals surface area contributed by atoms with Gasteiger partial charge in [0.05, 0.1) is 21.1 Å². The molecule has 5 heteroatoms. The summed E-state index contributed by atoms with van der Waals surface area (Å²) in [5, 5.41) is 10.3. The number of aromatic nitrogens is 1. The van der Waals surface area contributed by atoms with Gasteiger partial charge in [0.25, 0.3) is 0 Å². The molecule has 19 heavy (non-hydrogen) atoms. The molecule has 98 valence electrons. The van der Waals surface area contributed by atoms with Crippen molar-refractivity contribution in [2.45, 2.75) is 18.8 Å². The quantitative estimate of drug-likeness (QED) is 0.835. The van der Waals surface area contributed by atoms with E-state index < -0.39 is 5.97 Å². The molecule has 0 amide bonds. The van der Waals surface area contributed by atoms with Crippen LogP contribution in [0.2, 0.25) is 0 Å². The van der Waals surface area contributed by atoms with Crippen LogP contribution in [-0.4, -0.2) is 16.1 Å². The normalized spacial score (nSPS) is 22.8. The summed E-state index contributed by atoms with van der Waals surface area (Å²) in [6, 6.07) is 5.98. The first-order valence-electron chi connectivity index (χ1n) is 6.09. The Labute approximate surface area is 123 Å². The third-order valence-corrected chi connectivity index (χ3v) is 5.09. The molecule has 1 N–H and O–H groups in total. The summed E-state index contributed by atoms with van der Waals surface area (Å²) in [6.07, 6.45) is 5.38. The van der Waals surface area contributed by atoms with Gasteiger partial charge in [-0.3, -0.25) is 4.79 Å². The summed E-state index contributed by atoms with van der Waals surface area (Å²) in [5.41, 5.74) is 0.938. The lowest BCUT2D eigenvalue weighted by Gasteiger charge is -2.22. The van der Waals surface area contributed by atoms with E-state index in [1.807, 2.05) is 24.3 Å². The van der Waals surface area contributed by atoms with E-state index in [0.29, 0.717) is 6.42 Å². The number of thiazole rings is 1. The van der Waals surface area contributed by atoms with Crippen LogP contribution in [0.3, 0.4) is 0 Å². The molecule has 3 nitrogen and oxygen atoms in total. The topological polar surface area (TPSA) is 50.2 Å². The van der Waals surface area contributed by atoms with Crippen molar-refractivity contribution in [2.75, 3.05) is 0 Å². The lowest BCUT2D eigenvalue weighted by molar-refractivity contribution is -0.142. The summed E-state index contributed by atoms with van der Waals surface area (Å²) in [6.45, 7) is 0. The van der Waals surface area contributed by atoms with Crippen molar-refractivity contribution >= 4 is 43.5 Å². The van der Waals surface area contributed by atoms with Crippen LogP contribution in [0, 0.1) is 5.92 Å². The van der Waals surface area contributed by atoms with Crippen molar-refractivity contribution in [1.82, 2.24) is 4.98 Å². The molecule has 3 rings (SSSR count). The van der Waals surface area contributed by atoms with Crippen LogP contribution in [0.15, 0.2) is 34.8 Å². The fraction of sp³-hybridized carbons (Fsp3) is 0.286. The Morgan fingerprint density at radius 3 is 2.95 bits per heavy atom. The van der Waals surface area contributed by atoms with E-state index >= 15 is 0 Å². The molecular weight excluding hydrogens is 326 g/mol. The maximum absolute atomic E-state index is 11.3. The summed E-state index contributed by atoms with van der Waals surface area (Å²) in [4.78, 5) is 16.0. The number of aliphatic carboxylic acids is 1. The SMILES string of the molecule is O=C(O)C1CC=CCC1c1nc2cc(Br)ccc2s1. The third kappa shape index (κ3) is 2.44. The van der Waals surface area contributed by atoms with Gasteiger partial charge < -0.3 is 5.11 Å². The second-order valence-corrected chi connectivity index (χ2v) is 6.64. The Balaban J connectivity index is 2.02. The van der Waals surface area contributed by atoms with Crippen LogP contribution < -0.4 is 0 Å². The predicted octanol–water partition coefficient (Wildman–Crippen LogP) is 4.19. The zero-order valence-electron chi connectivity index (χ0n) is 10.0. The van der Waals surface area contributed by atoms with Crippen molar-refractivity contribution < 1.29 is 9.90 Å². The molecule has 2 aromatic rings. The number of carbonyl (C=O) groups is 1. The molecule has 0 fully saturated rings. The highest BCUT2D eigenvalue weighted by atomic mass is 79.9. The highest BCUT2D eigenvalue weighted by Crippen LogP contribution is 2.38. The molecule has 1 aliphatic carbocycles. The summed E-state index contributed by atoms with van der Waals surface area (Å²) < 4.78 is 2.10. The van der Waals surface area contributed by atoms with Crippen LogP contribution in [0.1, 0.15) is 23.8 Å². The highest BCUT2D eigenvalue weighted by Gasteiger charge is 2.32. The Morgan fingerprint density at radius 1 is 1.37 bits per heavy atom. The van der Waals surface area contributed by atoms with E-state index in [-0.39, 0.29) is 11.8 Å². The highest BCUT2D eigenvalue weighted by molar-refractivity contribution is 9.10. The molecule has 0 saturated carbocycles. The minimum Gasteiger partial charge on any atom is -0.481 e. The smallest absolute Gasteiger partial charge is 0.307 e. The molecule has 0 aliphatic heterocycles. The van der Waals surface area contributed by atoms with Crippen molar-refractivity contribution in [2.24, 2.45) is 5.92 Å². The minimum atomic E-state index is -0.727. The molecule has 2 atom stereocenters. The van der Waals surface area contributed by atoms with Gasteiger partial charge in [0.2, 0.25) is 0 Å². The van der Waals surface area contributed by atoms with Crippen molar-refractivity contribution in [3.05, 3.63) is 39.8 Å². The van der Waals surface area contributed by atoms with Gasteiger partial charge in [-0.1, -0.05) is 28.1 Å². The molecule has 1 aliphatic rings. The van der Waals surface area contributed by atoms with Gasteiger partial charge in [0.1, 0.15) is 0 Å². The van der Waals surface area contributed by atoms with Crippen molar-refractivity contribution in [3.63, 3.8) is 0 Å². The second kappa shape index (κ2) is 5.06. The number of allylic oxidation sites excluding steroid dienone is 2. The summed E-state index contributed by atoms with van der Waals surface area (Å²) >= 11 is 5.04. The second-order valence-electron chi connectivity index (χ2n) is 4.66. The lowest BCUT2D eigenvalue weighted by atomic mass is 9.83. The van der Waals surface area contributed by atoms with E-state index in [4.69, 9.17) is 0 Å². The van der Waals surface area contributed by atoms with Gasteiger partial charge in [0, 0.05) is 10.4 Å². The standard InChI is InChI=1S/C14H12BrNO2S/c15-8-5-6-12-11(7-8)16-13(19-12)9-3-1-2-4-10(9)14(17)18/h1-2,5-7,9-10H,3-4H2,(H,17,18). The van der Waals surface area contributed by atoms with Crippen molar-refractivity contribution in [3.8, 4) is 0 Å². The van der Waals surface area contributed by atoms with E-state index in [0.717, 1.165) is 26.1 Å². The Morgan fingerprint density at radius 2 is 2.16 bits per heavy atom. The van der Waals surface area contributed by atoms with Crippen LogP contribution in [0.5, 0.6) is 0 Å². The van der Waals surface area contributed by atoms with Crippen LogP contribution >= 0.6 is 27.3 Å². The Hall–Kier alpha value is -1.20. The molecule has 0 spiro atoms. The van der Waals surface area contributed by atoms with Crippen LogP contribution in [0.4, 0.5) is 0 Å². The van der Waals surface area contributed by atoms with Gasteiger partial charge in [0.15, 0.2) is 0 Å². The fourth-order valence-electron chi connectivity index (χ4n) is 2.44. The number of halogens is 1. The molecule has 0 radical (unpaired) electrons. The van der Waals surface area contributed by atoms with Gasteiger partial charge in [-0.25, -0.2) is 4.98 Å². The fourth-order valence-corrected chi connectivity index (χ4v) is 3.91. The van der Waals surface area contributed by atoms with Gasteiger partial charge in [-0.05, 0) is 31.0 Å². The average Bonchev–Trinajstić information content (AvgIpc) is 2.81. The average molecular weight is 338 g/mol. The zero-order valence-corrected chi connectivity index (χ0v) is 12.4. The number of hydrogen-bond donors (Lipinski definition) is 1. The monoisotopic (exact) mass is 337 g/mol. The van der Waals surface area contributed by atoms with Gasteiger partial charge in [-0.2, -0.15) is 0 Å². The van der Waals surface area contributed by atoms with Crippen LogP contribution in [0.25, 0.3) is 10.2 Å². The van der Waals surface area contributed by atoms with E-state index in [1.54, 1.807) is 11.3 Å². The largest absolute Gasteiger partial charge is 0.481 e. The molecule has 2 unspecified atom stereocenters. The first kappa shape index (κ1) is 12.8. The Bertz CT molecular complexity index is 665. The first-order chi connectivity index (χ1) is 9.15. The molecule has 1 aromatic carbocycles. The number of rotatable bonds is 2. The maximum atomic E-state index is 11.3. The Kier molecular flexibility index (Phi) is 3.41. The molecule has 0 saturated heterocycles. The van der Waals surface area contributed by atoms with E-state index in [1.165, 1.54) is 0 Å². The van der Waals surface area contributed by atoms with E-state index in [2.05, 4.69) is 27.0 Å². The first-order valence-corrected chi connectivity index (χ1v) is 7.70. The number of carboxylic acids is 1. The number of nitrogens with zero attached hydrogens (tertiary/aromatic N) is 1. The zero-order chi connectivity index (χ0) is 13.4. The lowest BCUT2D eigenvalue weighted by Crippen LogP contribution is -2.23. The van der Waals surface area contributed by atoms with Crippen molar-refractivity contribution in [1.29, 1.82) is 0 Å². The minimum absolute atomic E-state index is 0.00123. The maximum Gasteiger partial charge on any atom is 0.307 e. The number of carboxylic acid groups (broad SMARTS) is 1.